The maximum Gasteiger partial charge on any atom is 0.0689 e. The van der Waals surface area contributed by atoms with E-state index in [0.717, 1.165) is 25.8 Å². The Morgan fingerprint density at radius 2 is 1.86 bits per heavy atom. The minimum absolute atomic E-state index is 0.450. The molecule has 0 spiro atoms. The summed E-state index contributed by atoms with van der Waals surface area (Å²) in [5.74, 6) is 0. The Kier molecular flexibility index (Phi) is 3.93. The van der Waals surface area contributed by atoms with Gasteiger partial charge in [0.25, 0.3) is 0 Å². The van der Waals surface area contributed by atoms with Crippen molar-refractivity contribution >= 4 is 0 Å². The van der Waals surface area contributed by atoms with Gasteiger partial charge in [0, 0.05) is 12.1 Å². The fourth-order valence-corrected chi connectivity index (χ4v) is 2.47. The Hall–Kier alpha value is -0.120. The highest BCUT2D eigenvalue weighted by Crippen LogP contribution is 2.32. The van der Waals surface area contributed by atoms with E-state index in [1.165, 1.54) is 0 Å². The standard InChI is InChI=1S/C11H24N2O/c1-9-7-11(14,5-6-12-3)8-10(2)13(9)4/h9-10,12,14H,5-8H2,1-4H3/t9-,10+,11?. The molecular weight excluding hydrogens is 176 g/mol. The van der Waals surface area contributed by atoms with Crippen molar-refractivity contribution in [2.24, 2.45) is 0 Å². The molecule has 1 aliphatic heterocycles. The summed E-state index contributed by atoms with van der Waals surface area (Å²) >= 11 is 0. The number of likely N-dealkylation sites (tertiary alicyclic amines) is 1. The summed E-state index contributed by atoms with van der Waals surface area (Å²) < 4.78 is 0. The van der Waals surface area contributed by atoms with Crippen molar-refractivity contribution in [1.82, 2.24) is 10.2 Å². The van der Waals surface area contributed by atoms with Crippen LogP contribution < -0.4 is 5.32 Å². The van der Waals surface area contributed by atoms with Gasteiger partial charge in [-0.05, 0) is 53.8 Å². The molecule has 0 bridgehead atoms. The van der Waals surface area contributed by atoms with Gasteiger partial charge in [0.1, 0.15) is 0 Å². The summed E-state index contributed by atoms with van der Waals surface area (Å²) in [5.41, 5.74) is -0.450. The number of nitrogens with zero attached hydrogens (tertiary/aromatic N) is 1. The average Bonchev–Trinajstić information content (AvgIpc) is 2.11. The number of hydrogen-bond donors (Lipinski definition) is 2. The van der Waals surface area contributed by atoms with Gasteiger partial charge in [-0.15, -0.1) is 0 Å². The molecule has 2 N–H and O–H groups in total. The number of nitrogens with one attached hydrogen (secondary N) is 1. The minimum Gasteiger partial charge on any atom is -0.390 e. The Bertz CT molecular complexity index is 172. The molecule has 3 nitrogen and oxygen atoms in total. The molecule has 3 heteroatoms. The maximum atomic E-state index is 10.4. The summed E-state index contributed by atoms with van der Waals surface area (Å²) in [6, 6.07) is 0.973. The number of hydrogen-bond acceptors (Lipinski definition) is 3. The van der Waals surface area contributed by atoms with Gasteiger partial charge < -0.3 is 15.3 Å². The van der Waals surface area contributed by atoms with E-state index in [2.05, 4.69) is 31.1 Å². The quantitative estimate of drug-likeness (QED) is 0.708. The highest BCUT2D eigenvalue weighted by Gasteiger charge is 2.38. The van der Waals surface area contributed by atoms with Gasteiger partial charge >= 0.3 is 0 Å². The van der Waals surface area contributed by atoms with E-state index in [1.807, 2.05) is 7.05 Å². The first-order chi connectivity index (χ1) is 6.48. The molecule has 0 aromatic heterocycles. The van der Waals surface area contributed by atoms with Crippen molar-refractivity contribution in [3.05, 3.63) is 0 Å². The minimum atomic E-state index is -0.450. The third-order valence-electron chi connectivity index (χ3n) is 3.58. The van der Waals surface area contributed by atoms with Gasteiger partial charge in [-0.25, -0.2) is 0 Å². The van der Waals surface area contributed by atoms with Gasteiger partial charge in [-0.3, -0.25) is 0 Å². The molecule has 1 rings (SSSR count). The zero-order valence-electron chi connectivity index (χ0n) is 9.88. The lowest BCUT2D eigenvalue weighted by Gasteiger charge is -2.45. The fourth-order valence-electron chi connectivity index (χ4n) is 2.47. The first kappa shape index (κ1) is 12.0. The Morgan fingerprint density at radius 1 is 1.36 bits per heavy atom. The highest BCUT2D eigenvalue weighted by molar-refractivity contribution is 4.93. The second-order valence-electron chi connectivity index (χ2n) is 4.85. The predicted octanol–water partition coefficient (Wildman–Crippen LogP) is 0.830. The summed E-state index contributed by atoms with van der Waals surface area (Å²) in [5, 5.41) is 13.5. The summed E-state index contributed by atoms with van der Waals surface area (Å²) in [4.78, 5) is 2.36. The normalized spacial score (nSPS) is 40.1. The van der Waals surface area contributed by atoms with Crippen LogP contribution in [-0.2, 0) is 0 Å². The number of aliphatic hydroxyl groups is 1. The van der Waals surface area contributed by atoms with Crippen LogP contribution in [0.15, 0.2) is 0 Å². The first-order valence-electron chi connectivity index (χ1n) is 5.57. The predicted molar refractivity (Wildman–Crippen MR) is 59.4 cm³/mol. The van der Waals surface area contributed by atoms with Crippen LogP contribution in [0.3, 0.4) is 0 Å². The van der Waals surface area contributed by atoms with Crippen LogP contribution in [0.4, 0.5) is 0 Å². The van der Waals surface area contributed by atoms with E-state index >= 15 is 0 Å². The van der Waals surface area contributed by atoms with Crippen LogP contribution in [0.2, 0.25) is 0 Å². The third kappa shape index (κ3) is 2.69. The Labute approximate surface area is 87.5 Å². The van der Waals surface area contributed by atoms with Crippen molar-refractivity contribution in [2.45, 2.75) is 50.8 Å². The van der Waals surface area contributed by atoms with Gasteiger partial charge in [-0.2, -0.15) is 0 Å². The van der Waals surface area contributed by atoms with Gasteiger partial charge in [0.05, 0.1) is 5.60 Å². The number of rotatable bonds is 3. The van der Waals surface area contributed by atoms with Crippen molar-refractivity contribution < 1.29 is 5.11 Å². The SMILES string of the molecule is CNCCC1(O)C[C@@H](C)N(C)[C@@H](C)C1. The average molecular weight is 200 g/mol. The second kappa shape index (κ2) is 4.60. The Morgan fingerprint density at radius 3 is 2.29 bits per heavy atom. The molecular formula is C11H24N2O. The molecule has 0 aromatic carbocycles. The van der Waals surface area contributed by atoms with E-state index < -0.39 is 5.60 Å². The zero-order chi connectivity index (χ0) is 10.8. The molecule has 1 heterocycles. The third-order valence-corrected chi connectivity index (χ3v) is 3.58. The summed E-state index contributed by atoms with van der Waals surface area (Å²) in [7, 11) is 4.08. The van der Waals surface area contributed by atoms with Crippen molar-refractivity contribution in [1.29, 1.82) is 0 Å². The molecule has 0 aliphatic carbocycles. The smallest absolute Gasteiger partial charge is 0.0689 e. The lowest BCUT2D eigenvalue weighted by molar-refractivity contribution is -0.0623. The van der Waals surface area contributed by atoms with Crippen LogP contribution in [0.25, 0.3) is 0 Å². The molecule has 0 saturated carbocycles. The molecule has 1 aliphatic rings. The summed E-state index contributed by atoms with van der Waals surface area (Å²) in [6.45, 7) is 5.29. The Balaban J connectivity index is 2.54. The summed E-state index contributed by atoms with van der Waals surface area (Å²) in [6.07, 6.45) is 2.66. The van der Waals surface area contributed by atoms with Gasteiger partial charge in [0.2, 0.25) is 0 Å². The van der Waals surface area contributed by atoms with Crippen LogP contribution in [0.5, 0.6) is 0 Å². The fraction of sp³-hybridized carbons (Fsp3) is 1.00. The monoisotopic (exact) mass is 200 g/mol. The molecule has 14 heavy (non-hydrogen) atoms. The lowest BCUT2D eigenvalue weighted by atomic mass is 9.81. The molecule has 1 saturated heterocycles. The molecule has 0 amide bonds. The second-order valence-corrected chi connectivity index (χ2v) is 4.85. The van der Waals surface area contributed by atoms with E-state index in [4.69, 9.17) is 0 Å². The topological polar surface area (TPSA) is 35.5 Å². The van der Waals surface area contributed by atoms with Gasteiger partial charge in [-0.1, -0.05) is 0 Å². The molecule has 0 radical (unpaired) electrons. The first-order valence-corrected chi connectivity index (χ1v) is 5.57. The molecule has 1 fully saturated rings. The van der Waals surface area contributed by atoms with E-state index in [1.54, 1.807) is 0 Å². The van der Waals surface area contributed by atoms with E-state index in [0.29, 0.717) is 12.1 Å². The largest absolute Gasteiger partial charge is 0.390 e. The number of piperidine rings is 1. The molecule has 1 unspecified atom stereocenters. The van der Waals surface area contributed by atoms with Crippen molar-refractivity contribution in [3.63, 3.8) is 0 Å². The zero-order valence-corrected chi connectivity index (χ0v) is 9.88. The van der Waals surface area contributed by atoms with Crippen LogP contribution >= 0.6 is 0 Å². The van der Waals surface area contributed by atoms with Crippen LogP contribution in [0.1, 0.15) is 33.1 Å². The van der Waals surface area contributed by atoms with E-state index in [-0.39, 0.29) is 0 Å². The van der Waals surface area contributed by atoms with Crippen LogP contribution in [-0.4, -0.2) is 48.3 Å². The molecule has 0 aromatic rings. The van der Waals surface area contributed by atoms with Crippen LogP contribution in [0, 0.1) is 0 Å². The maximum absolute atomic E-state index is 10.4. The lowest BCUT2D eigenvalue weighted by Crippen LogP contribution is -2.52. The van der Waals surface area contributed by atoms with Gasteiger partial charge in [0.15, 0.2) is 0 Å². The van der Waals surface area contributed by atoms with Crippen molar-refractivity contribution in [3.8, 4) is 0 Å². The molecule has 84 valence electrons. The van der Waals surface area contributed by atoms with Crippen molar-refractivity contribution in [2.75, 3.05) is 20.6 Å². The van der Waals surface area contributed by atoms with E-state index in [9.17, 15) is 5.11 Å². The molecule has 3 atom stereocenters. The highest BCUT2D eigenvalue weighted by atomic mass is 16.3.